The summed E-state index contributed by atoms with van der Waals surface area (Å²) in [5.74, 6) is 0.446. The maximum absolute atomic E-state index is 12.7. The summed E-state index contributed by atoms with van der Waals surface area (Å²) < 4.78 is 28.8. The SMILES string of the molecule is CC(C)CC(C)N(C)S(=O)(=O)c1cc(CO)n(C2CC2)c1. The van der Waals surface area contributed by atoms with Gasteiger partial charge in [0.1, 0.15) is 4.90 Å². The highest BCUT2D eigenvalue weighted by Gasteiger charge is 2.31. The van der Waals surface area contributed by atoms with E-state index in [4.69, 9.17) is 0 Å². The fourth-order valence-electron chi connectivity index (χ4n) is 2.69. The lowest BCUT2D eigenvalue weighted by molar-refractivity contribution is 0.270. The van der Waals surface area contributed by atoms with Gasteiger partial charge in [-0.2, -0.15) is 4.31 Å². The number of hydrogen-bond acceptors (Lipinski definition) is 3. The van der Waals surface area contributed by atoms with Crippen LogP contribution in [0.2, 0.25) is 0 Å². The van der Waals surface area contributed by atoms with Crippen molar-refractivity contribution in [1.29, 1.82) is 0 Å². The Bertz CT molecular complexity index is 588. The molecule has 1 aliphatic carbocycles. The number of aromatic nitrogens is 1. The van der Waals surface area contributed by atoms with Crippen molar-refractivity contribution in [2.24, 2.45) is 5.92 Å². The van der Waals surface area contributed by atoms with Crippen LogP contribution in [0, 0.1) is 5.92 Å². The smallest absolute Gasteiger partial charge is 0.244 e. The fraction of sp³-hybridized carbons (Fsp3) is 0.733. The van der Waals surface area contributed by atoms with E-state index in [0.29, 0.717) is 17.7 Å². The average molecular weight is 314 g/mol. The molecule has 2 rings (SSSR count). The summed E-state index contributed by atoms with van der Waals surface area (Å²) >= 11 is 0. The first-order chi connectivity index (χ1) is 9.77. The van der Waals surface area contributed by atoms with Crippen molar-refractivity contribution >= 4 is 10.0 Å². The molecule has 1 aliphatic rings. The molecule has 1 heterocycles. The molecule has 6 heteroatoms. The molecular formula is C15H26N2O3S. The highest BCUT2D eigenvalue weighted by atomic mass is 32.2. The van der Waals surface area contributed by atoms with Crippen LogP contribution in [-0.4, -0.2) is 35.5 Å². The number of rotatable bonds is 7. The molecule has 1 aromatic heterocycles. The molecule has 0 aromatic carbocycles. The van der Waals surface area contributed by atoms with Gasteiger partial charge < -0.3 is 9.67 Å². The van der Waals surface area contributed by atoms with Gasteiger partial charge in [0.05, 0.1) is 6.61 Å². The van der Waals surface area contributed by atoms with Crippen molar-refractivity contribution in [2.45, 2.75) is 63.6 Å². The molecule has 1 aromatic rings. The van der Waals surface area contributed by atoms with Gasteiger partial charge >= 0.3 is 0 Å². The summed E-state index contributed by atoms with van der Waals surface area (Å²) in [5.41, 5.74) is 0.681. The van der Waals surface area contributed by atoms with E-state index >= 15 is 0 Å². The maximum atomic E-state index is 12.7. The van der Waals surface area contributed by atoms with E-state index < -0.39 is 10.0 Å². The average Bonchev–Trinajstić information content (AvgIpc) is 3.15. The van der Waals surface area contributed by atoms with Gasteiger partial charge in [-0.1, -0.05) is 13.8 Å². The summed E-state index contributed by atoms with van der Waals surface area (Å²) in [5, 5.41) is 9.41. The van der Waals surface area contributed by atoms with Crippen LogP contribution in [0.25, 0.3) is 0 Å². The molecule has 1 N–H and O–H groups in total. The Morgan fingerprint density at radius 2 is 2.00 bits per heavy atom. The van der Waals surface area contributed by atoms with Crippen LogP contribution in [0.4, 0.5) is 0 Å². The Kier molecular flexibility index (Phi) is 4.80. The van der Waals surface area contributed by atoms with Crippen LogP contribution >= 0.6 is 0 Å². The van der Waals surface area contributed by atoms with E-state index in [1.807, 2.05) is 11.5 Å². The second-order valence-corrected chi connectivity index (χ2v) is 8.46. The number of nitrogens with zero attached hydrogens (tertiary/aromatic N) is 2. The fourth-order valence-corrected chi connectivity index (χ4v) is 4.11. The summed E-state index contributed by atoms with van der Waals surface area (Å²) in [6.45, 7) is 5.98. The lowest BCUT2D eigenvalue weighted by atomic mass is 10.1. The van der Waals surface area contributed by atoms with Crippen LogP contribution in [0.5, 0.6) is 0 Å². The van der Waals surface area contributed by atoms with Crippen molar-refractivity contribution in [3.05, 3.63) is 18.0 Å². The van der Waals surface area contributed by atoms with Crippen molar-refractivity contribution in [3.63, 3.8) is 0 Å². The third-order valence-electron chi connectivity index (χ3n) is 4.12. The van der Waals surface area contributed by atoms with Crippen molar-refractivity contribution in [3.8, 4) is 0 Å². The topological polar surface area (TPSA) is 62.5 Å². The first kappa shape index (κ1) is 16.5. The first-order valence-corrected chi connectivity index (χ1v) is 9.01. The van der Waals surface area contributed by atoms with E-state index in [1.54, 1.807) is 19.3 Å². The Labute approximate surface area is 127 Å². The van der Waals surface area contributed by atoms with Crippen LogP contribution in [0.3, 0.4) is 0 Å². The molecular weight excluding hydrogens is 288 g/mol. The highest BCUT2D eigenvalue weighted by molar-refractivity contribution is 7.89. The molecule has 0 radical (unpaired) electrons. The highest BCUT2D eigenvalue weighted by Crippen LogP contribution is 2.37. The maximum Gasteiger partial charge on any atom is 0.244 e. The van der Waals surface area contributed by atoms with Gasteiger partial charge in [0.25, 0.3) is 0 Å². The second-order valence-electron chi connectivity index (χ2n) is 6.46. The molecule has 0 saturated heterocycles. The molecule has 0 aliphatic heterocycles. The lowest BCUT2D eigenvalue weighted by Crippen LogP contribution is -2.35. The molecule has 21 heavy (non-hydrogen) atoms. The minimum Gasteiger partial charge on any atom is -0.390 e. The third kappa shape index (κ3) is 3.49. The first-order valence-electron chi connectivity index (χ1n) is 7.57. The van der Waals surface area contributed by atoms with E-state index in [9.17, 15) is 13.5 Å². The number of hydrogen-bond donors (Lipinski definition) is 1. The van der Waals surface area contributed by atoms with Crippen molar-refractivity contribution < 1.29 is 13.5 Å². The molecule has 0 spiro atoms. The Morgan fingerprint density at radius 1 is 1.38 bits per heavy atom. The zero-order chi connectivity index (χ0) is 15.8. The largest absolute Gasteiger partial charge is 0.390 e. The molecule has 1 atom stereocenters. The number of aliphatic hydroxyl groups is 1. The molecule has 0 amide bonds. The van der Waals surface area contributed by atoms with Gasteiger partial charge in [0, 0.05) is 31.0 Å². The normalized spacial score (nSPS) is 17.7. The predicted octanol–water partition coefficient (Wildman–Crippen LogP) is 2.37. The standard InChI is InChI=1S/C15H26N2O3S/c1-11(2)7-12(3)16(4)21(19,20)15-8-14(10-18)17(9-15)13-5-6-13/h8-9,11-13,18H,5-7,10H2,1-4H3. The van der Waals surface area contributed by atoms with E-state index in [2.05, 4.69) is 13.8 Å². The summed E-state index contributed by atoms with van der Waals surface area (Å²) in [6.07, 6.45) is 4.62. The van der Waals surface area contributed by atoms with Crippen LogP contribution in [-0.2, 0) is 16.6 Å². The van der Waals surface area contributed by atoms with Crippen LogP contribution < -0.4 is 0 Å². The minimum atomic E-state index is -3.50. The monoisotopic (exact) mass is 314 g/mol. The van der Waals surface area contributed by atoms with E-state index in [-0.39, 0.29) is 17.5 Å². The Morgan fingerprint density at radius 3 is 2.48 bits per heavy atom. The number of aliphatic hydroxyl groups excluding tert-OH is 1. The van der Waals surface area contributed by atoms with Crippen molar-refractivity contribution in [2.75, 3.05) is 7.05 Å². The Hall–Kier alpha value is -0.850. The third-order valence-corrected chi connectivity index (χ3v) is 6.06. The zero-order valence-electron chi connectivity index (χ0n) is 13.3. The van der Waals surface area contributed by atoms with Gasteiger partial charge in [-0.15, -0.1) is 0 Å². The van der Waals surface area contributed by atoms with Gasteiger partial charge in [-0.3, -0.25) is 0 Å². The van der Waals surface area contributed by atoms with Gasteiger partial charge in [-0.25, -0.2) is 8.42 Å². The van der Waals surface area contributed by atoms with Crippen molar-refractivity contribution in [1.82, 2.24) is 8.87 Å². The molecule has 1 fully saturated rings. The molecule has 1 saturated carbocycles. The summed E-state index contributed by atoms with van der Waals surface area (Å²) in [4.78, 5) is 0.288. The lowest BCUT2D eigenvalue weighted by Gasteiger charge is -2.25. The zero-order valence-corrected chi connectivity index (χ0v) is 14.1. The molecule has 0 bridgehead atoms. The Balaban J connectivity index is 2.26. The molecule has 1 unspecified atom stereocenters. The molecule has 5 nitrogen and oxygen atoms in total. The minimum absolute atomic E-state index is 0.0446. The van der Waals surface area contributed by atoms with Gasteiger partial charge in [-0.05, 0) is 38.2 Å². The quantitative estimate of drug-likeness (QED) is 0.840. The van der Waals surface area contributed by atoms with E-state index in [1.165, 1.54) is 4.31 Å². The molecule has 120 valence electrons. The van der Waals surface area contributed by atoms with Gasteiger partial charge in [0.15, 0.2) is 0 Å². The summed E-state index contributed by atoms with van der Waals surface area (Å²) in [7, 11) is -1.87. The van der Waals surface area contributed by atoms with E-state index in [0.717, 1.165) is 19.3 Å². The summed E-state index contributed by atoms with van der Waals surface area (Å²) in [6, 6.07) is 1.91. The van der Waals surface area contributed by atoms with Crippen LogP contribution in [0.1, 0.15) is 51.8 Å². The van der Waals surface area contributed by atoms with Crippen LogP contribution in [0.15, 0.2) is 17.2 Å². The van der Waals surface area contributed by atoms with Gasteiger partial charge in [0.2, 0.25) is 10.0 Å². The predicted molar refractivity (Wildman–Crippen MR) is 82.5 cm³/mol. The number of sulfonamides is 1. The second kappa shape index (κ2) is 6.10.